The summed E-state index contributed by atoms with van der Waals surface area (Å²) >= 11 is 3.11. The lowest BCUT2D eigenvalue weighted by Crippen LogP contribution is -2.14. The number of halogens is 1. The van der Waals surface area contributed by atoms with Crippen molar-refractivity contribution in [1.29, 1.82) is 0 Å². The average molecular weight is 338 g/mol. The van der Waals surface area contributed by atoms with Gasteiger partial charge in [-0.1, -0.05) is 15.9 Å². The molecule has 0 aliphatic carbocycles. The van der Waals surface area contributed by atoms with E-state index in [2.05, 4.69) is 26.2 Å². The van der Waals surface area contributed by atoms with Crippen molar-refractivity contribution in [1.82, 2.24) is 4.98 Å². The highest BCUT2D eigenvalue weighted by molar-refractivity contribution is 9.10. The Labute approximate surface area is 121 Å². The van der Waals surface area contributed by atoms with Gasteiger partial charge in [0.25, 0.3) is 11.6 Å². The van der Waals surface area contributed by atoms with Crippen molar-refractivity contribution in [2.45, 2.75) is 0 Å². The fourth-order valence-corrected chi connectivity index (χ4v) is 1.88. The quantitative estimate of drug-likeness (QED) is 0.661. The molecule has 2 aromatic rings. The lowest BCUT2D eigenvalue weighted by Gasteiger charge is -2.07. The van der Waals surface area contributed by atoms with Crippen molar-refractivity contribution in [3.05, 3.63) is 56.8 Å². The summed E-state index contributed by atoms with van der Waals surface area (Å²) in [6.45, 7) is 0. The monoisotopic (exact) mass is 337 g/mol. The number of amides is 1. The van der Waals surface area contributed by atoms with Crippen molar-refractivity contribution in [3.8, 4) is 5.75 Å². The van der Waals surface area contributed by atoms with Crippen molar-refractivity contribution >= 4 is 33.2 Å². The van der Waals surface area contributed by atoms with Crippen LogP contribution in [0.5, 0.6) is 5.75 Å². The van der Waals surface area contributed by atoms with Crippen LogP contribution in [-0.2, 0) is 0 Å². The molecule has 0 saturated carbocycles. The number of benzene rings is 1. The summed E-state index contributed by atoms with van der Waals surface area (Å²) in [4.78, 5) is 26.0. The molecular formula is C12H8BrN3O4. The largest absolute Gasteiger partial charge is 0.504 e. The summed E-state index contributed by atoms with van der Waals surface area (Å²) in [7, 11) is 0. The van der Waals surface area contributed by atoms with Crippen LogP contribution in [0.2, 0.25) is 0 Å². The fourth-order valence-electron chi connectivity index (χ4n) is 1.53. The number of nitrogens with zero attached hydrogens (tertiary/aromatic N) is 2. The molecule has 7 nitrogen and oxygen atoms in total. The number of nitrogens with one attached hydrogen (secondary N) is 1. The Kier molecular flexibility index (Phi) is 3.94. The van der Waals surface area contributed by atoms with E-state index in [9.17, 15) is 20.0 Å². The molecule has 8 heteroatoms. The lowest BCUT2D eigenvalue weighted by atomic mass is 10.1. The van der Waals surface area contributed by atoms with Gasteiger partial charge in [-0.05, 0) is 18.2 Å². The number of aromatic nitrogens is 1. The zero-order chi connectivity index (χ0) is 14.7. The Bertz CT molecular complexity index is 690. The first-order chi connectivity index (χ1) is 9.49. The Morgan fingerprint density at radius 1 is 1.40 bits per heavy atom. The van der Waals surface area contributed by atoms with Crippen LogP contribution in [0.15, 0.2) is 41.1 Å². The molecule has 2 rings (SSSR count). The number of nitro benzene ring substituents is 1. The van der Waals surface area contributed by atoms with Crippen LogP contribution in [-0.4, -0.2) is 20.9 Å². The van der Waals surface area contributed by atoms with Crippen molar-refractivity contribution in [2.75, 3.05) is 5.32 Å². The van der Waals surface area contributed by atoms with Gasteiger partial charge in [-0.2, -0.15) is 0 Å². The number of rotatable bonds is 3. The zero-order valence-corrected chi connectivity index (χ0v) is 11.5. The minimum atomic E-state index is -0.689. The van der Waals surface area contributed by atoms with Crippen LogP contribution in [0, 0.1) is 10.1 Å². The molecule has 0 atom stereocenters. The SMILES string of the molecule is O=C(Nc1ccncc1O)c1ccc(Br)cc1[N+](=O)[O-]. The Balaban J connectivity index is 2.35. The Hall–Kier alpha value is -2.48. The van der Waals surface area contributed by atoms with E-state index in [0.717, 1.165) is 6.20 Å². The number of hydrogen-bond acceptors (Lipinski definition) is 5. The summed E-state index contributed by atoms with van der Waals surface area (Å²) in [6.07, 6.45) is 2.54. The first-order valence-corrected chi connectivity index (χ1v) is 6.16. The highest BCUT2D eigenvalue weighted by Crippen LogP contribution is 2.26. The molecule has 20 heavy (non-hydrogen) atoms. The molecular weight excluding hydrogens is 330 g/mol. The molecule has 0 bridgehead atoms. The Morgan fingerprint density at radius 2 is 2.15 bits per heavy atom. The van der Waals surface area contributed by atoms with Gasteiger partial charge < -0.3 is 10.4 Å². The molecule has 102 valence electrons. The first-order valence-electron chi connectivity index (χ1n) is 5.37. The highest BCUT2D eigenvalue weighted by atomic mass is 79.9. The summed E-state index contributed by atoms with van der Waals surface area (Å²) in [6, 6.07) is 5.48. The van der Waals surface area contributed by atoms with E-state index < -0.39 is 10.8 Å². The minimum Gasteiger partial charge on any atom is -0.504 e. The van der Waals surface area contributed by atoms with Crippen molar-refractivity contribution < 1.29 is 14.8 Å². The number of hydrogen-bond donors (Lipinski definition) is 2. The van der Waals surface area contributed by atoms with Crippen LogP contribution < -0.4 is 5.32 Å². The molecule has 0 unspecified atom stereocenters. The van der Waals surface area contributed by atoms with Crippen LogP contribution in [0.25, 0.3) is 0 Å². The molecule has 1 aromatic heterocycles. The molecule has 0 saturated heterocycles. The normalized spacial score (nSPS) is 10.1. The summed E-state index contributed by atoms with van der Waals surface area (Å²) in [5, 5.41) is 22.8. The average Bonchev–Trinajstić information content (AvgIpc) is 2.41. The van der Waals surface area contributed by atoms with Gasteiger partial charge in [-0.25, -0.2) is 0 Å². The van der Waals surface area contributed by atoms with Crippen LogP contribution in [0.4, 0.5) is 11.4 Å². The molecule has 0 fully saturated rings. The lowest BCUT2D eigenvalue weighted by molar-refractivity contribution is -0.385. The van der Waals surface area contributed by atoms with E-state index in [-0.39, 0.29) is 22.7 Å². The number of pyridine rings is 1. The van der Waals surface area contributed by atoms with Gasteiger partial charge in [0.15, 0.2) is 5.75 Å². The smallest absolute Gasteiger partial charge is 0.283 e. The Morgan fingerprint density at radius 3 is 2.80 bits per heavy atom. The number of nitro groups is 1. The predicted octanol–water partition coefficient (Wildman–Crippen LogP) is 2.71. The molecule has 0 radical (unpaired) electrons. The van der Waals surface area contributed by atoms with Crippen LogP contribution >= 0.6 is 15.9 Å². The van der Waals surface area contributed by atoms with Gasteiger partial charge in [0.05, 0.1) is 16.8 Å². The van der Waals surface area contributed by atoms with Gasteiger partial charge in [0.2, 0.25) is 0 Å². The second-order valence-corrected chi connectivity index (χ2v) is 4.68. The van der Waals surface area contributed by atoms with Crippen LogP contribution in [0.1, 0.15) is 10.4 Å². The molecule has 1 amide bonds. The number of aromatic hydroxyl groups is 1. The zero-order valence-electron chi connectivity index (χ0n) is 9.91. The topological polar surface area (TPSA) is 105 Å². The third kappa shape index (κ3) is 2.91. The fraction of sp³-hybridized carbons (Fsp3) is 0. The van der Waals surface area contributed by atoms with Gasteiger partial charge in [0, 0.05) is 16.7 Å². The van der Waals surface area contributed by atoms with Gasteiger partial charge in [-0.3, -0.25) is 19.9 Å². The molecule has 0 spiro atoms. The predicted molar refractivity (Wildman–Crippen MR) is 74.7 cm³/mol. The van der Waals surface area contributed by atoms with E-state index in [0.29, 0.717) is 4.47 Å². The first kappa shape index (κ1) is 13.9. The molecule has 1 aromatic carbocycles. The number of carbonyl (C=O) groups excluding carboxylic acids is 1. The second-order valence-electron chi connectivity index (χ2n) is 3.77. The van der Waals surface area contributed by atoms with Gasteiger partial charge in [-0.15, -0.1) is 0 Å². The van der Waals surface area contributed by atoms with Crippen LogP contribution in [0.3, 0.4) is 0 Å². The third-order valence-corrected chi connectivity index (χ3v) is 2.94. The molecule has 0 aliphatic heterocycles. The van der Waals surface area contributed by atoms with E-state index in [1.165, 1.54) is 30.5 Å². The second kappa shape index (κ2) is 5.66. The molecule has 2 N–H and O–H groups in total. The highest BCUT2D eigenvalue weighted by Gasteiger charge is 2.21. The maximum absolute atomic E-state index is 12.0. The summed E-state index contributed by atoms with van der Waals surface area (Å²) in [5.74, 6) is -0.911. The van der Waals surface area contributed by atoms with E-state index in [1.54, 1.807) is 0 Å². The van der Waals surface area contributed by atoms with E-state index in [4.69, 9.17) is 0 Å². The standard InChI is InChI=1S/C12H8BrN3O4/c13-7-1-2-8(10(5-7)16(19)20)12(18)15-9-3-4-14-6-11(9)17/h1-6,17H,(H,14,15,18). The maximum atomic E-state index is 12.0. The molecule has 1 heterocycles. The van der Waals surface area contributed by atoms with Crippen molar-refractivity contribution in [2.24, 2.45) is 0 Å². The number of carbonyl (C=O) groups is 1. The van der Waals surface area contributed by atoms with E-state index >= 15 is 0 Å². The van der Waals surface area contributed by atoms with E-state index in [1.807, 2.05) is 0 Å². The van der Waals surface area contributed by atoms with Crippen molar-refractivity contribution in [3.63, 3.8) is 0 Å². The van der Waals surface area contributed by atoms with Gasteiger partial charge >= 0.3 is 0 Å². The number of anilines is 1. The summed E-state index contributed by atoms with van der Waals surface area (Å²) in [5.41, 5.74) is -0.304. The van der Waals surface area contributed by atoms with Gasteiger partial charge in [0.1, 0.15) is 5.56 Å². The maximum Gasteiger partial charge on any atom is 0.283 e. The minimum absolute atomic E-state index is 0.102. The third-order valence-electron chi connectivity index (χ3n) is 2.45. The summed E-state index contributed by atoms with van der Waals surface area (Å²) < 4.78 is 0.493. The molecule has 0 aliphatic rings.